The summed E-state index contributed by atoms with van der Waals surface area (Å²) in [6.07, 6.45) is 1.60. The molecule has 0 atom stereocenters. The summed E-state index contributed by atoms with van der Waals surface area (Å²) >= 11 is 6.56. The fraction of sp³-hybridized carbons (Fsp3) is 0.0588. The van der Waals surface area contributed by atoms with Crippen molar-refractivity contribution in [3.05, 3.63) is 50.4 Å². The summed E-state index contributed by atoms with van der Waals surface area (Å²) in [6, 6.07) is 9.49. The summed E-state index contributed by atoms with van der Waals surface area (Å²) in [4.78, 5) is 7.69. The van der Waals surface area contributed by atoms with Crippen LogP contribution in [0, 0.1) is 6.92 Å². The highest BCUT2D eigenvalue weighted by atomic mass is 79.9. The monoisotopic (exact) mass is 474 g/mol. The van der Waals surface area contributed by atoms with Crippen LogP contribution in [0.15, 0.2) is 44.4 Å². The lowest BCUT2D eigenvalue weighted by molar-refractivity contribution is 0.468. The number of aromatic amines is 1. The van der Waals surface area contributed by atoms with Crippen LogP contribution in [0.4, 0.5) is 5.95 Å². The standard InChI is InChI=1S/C17H12Br2N6O/c1-8-3-2-4-10-13(8)21-16-14(10)23-25-17(22-16)24-20-7-9-5-11(18)15(26)12(19)6-9/h2-7,26H,1H3,(H2,21,22,24,25)/b20-7+. The molecule has 26 heavy (non-hydrogen) atoms. The van der Waals surface area contributed by atoms with Gasteiger partial charge >= 0.3 is 0 Å². The molecule has 4 aromatic rings. The van der Waals surface area contributed by atoms with Crippen LogP contribution in [-0.4, -0.2) is 31.5 Å². The highest BCUT2D eigenvalue weighted by Crippen LogP contribution is 2.32. The highest BCUT2D eigenvalue weighted by molar-refractivity contribution is 9.11. The van der Waals surface area contributed by atoms with Crippen LogP contribution < -0.4 is 5.43 Å². The smallest absolute Gasteiger partial charge is 0.265 e. The first-order valence-corrected chi connectivity index (χ1v) is 9.20. The minimum absolute atomic E-state index is 0.141. The van der Waals surface area contributed by atoms with Crippen molar-refractivity contribution < 1.29 is 5.11 Å². The maximum Gasteiger partial charge on any atom is 0.265 e. The minimum atomic E-state index is 0.141. The summed E-state index contributed by atoms with van der Waals surface area (Å²) in [6.45, 7) is 2.03. The number of phenols is 1. The fourth-order valence-corrected chi connectivity index (χ4v) is 3.84. The zero-order chi connectivity index (χ0) is 18.3. The quantitative estimate of drug-likeness (QED) is 0.299. The number of nitrogens with zero attached hydrogens (tertiary/aromatic N) is 4. The summed E-state index contributed by atoms with van der Waals surface area (Å²) < 4.78 is 1.14. The third-order valence-electron chi connectivity index (χ3n) is 3.88. The van der Waals surface area contributed by atoms with Crippen molar-refractivity contribution in [1.82, 2.24) is 20.2 Å². The number of anilines is 1. The predicted molar refractivity (Wildman–Crippen MR) is 109 cm³/mol. The molecular formula is C17H12Br2N6O. The van der Waals surface area contributed by atoms with E-state index in [1.54, 1.807) is 18.3 Å². The second kappa shape index (κ2) is 6.65. The van der Waals surface area contributed by atoms with Crippen LogP contribution in [0.2, 0.25) is 0 Å². The fourth-order valence-electron chi connectivity index (χ4n) is 2.62. The van der Waals surface area contributed by atoms with Gasteiger partial charge in [0.25, 0.3) is 5.95 Å². The number of nitrogens with one attached hydrogen (secondary N) is 2. The molecule has 3 N–H and O–H groups in total. The molecule has 0 saturated carbocycles. The third kappa shape index (κ3) is 3.04. The second-order valence-corrected chi connectivity index (χ2v) is 7.37. The van der Waals surface area contributed by atoms with Gasteiger partial charge in [0.2, 0.25) is 0 Å². The zero-order valence-corrected chi connectivity index (χ0v) is 16.6. The van der Waals surface area contributed by atoms with Gasteiger partial charge in [-0.3, -0.25) is 0 Å². The van der Waals surface area contributed by atoms with E-state index in [2.05, 4.69) is 62.6 Å². The molecule has 0 aliphatic heterocycles. The lowest BCUT2D eigenvalue weighted by atomic mass is 10.1. The molecule has 2 aromatic carbocycles. The van der Waals surface area contributed by atoms with Crippen LogP contribution in [-0.2, 0) is 0 Å². The SMILES string of the molecule is Cc1cccc2c1[nH]c1nc(N/N=C/c3cc(Br)c(O)c(Br)c3)nnc12. The first-order chi connectivity index (χ1) is 12.5. The average molecular weight is 476 g/mol. The highest BCUT2D eigenvalue weighted by Gasteiger charge is 2.10. The Morgan fingerprint density at radius 3 is 2.73 bits per heavy atom. The summed E-state index contributed by atoms with van der Waals surface area (Å²) in [5.41, 5.74) is 7.05. The zero-order valence-electron chi connectivity index (χ0n) is 13.5. The van der Waals surface area contributed by atoms with E-state index in [-0.39, 0.29) is 11.7 Å². The Morgan fingerprint density at radius 2 is 1.96 bits per heavy atom. The van der Waals surface area contributed by atoms with Crippen LogP contribution >= 0.6 is 31.9 Å². The van der Waals surface area contributed by atoms with Crippen LogP contribution in [0.5, 0.6) is 5.75 Å². The number of para-hydroxylation sites is 1. The third-order valence-corrected chi connectivity index (χ3v) is 5.08. The van der Waals surface area contributed by atoms with Crippen molar-refractivity contribution in [2.24, 2.45) is 5.10 Å². The molecule has 4 rings (SSSR count). The Hall–Kier alpha value is -2.52. The van der Waals surface area contributed by atoms with Gasteiger partial charge in [0, 0.05) is 5.39 Å². The van der Waals surface area contributed by atoms with Gasteiger partial charge in [-0.1, -0.05) is 18.2 Å². The Balaban J connectivity index is 1.61. The predicted octanol–water partition coefficient (Wildman–Crippen LogP) is 4.49. The van der Waals surface area contributed by atoms with E-state index in [1.165, 1.54) is 0 Å². The number of fused-ring (bicyclic) bond motifs is 3. The number of hydrazone groups is 1. The summed E-state index contributed by atoms with van der Waals surface area (Å²) in [7, 11) is 0. The van der Waals surface area contributed by atoms with E-state index in [0.29, 0.717) is 14.6 Å². The lowest BCUT2D eigenvalue weighted by Gasteiger charge is -2.02. The Labute approximate surface area is 164 Å². The number of aromatic nitrogens is 4. The van der Waals surface area contributed by atoms with E-state index in [0.717, 1.165) is 27.5 Å². The molecule has 130 valence electrons. The molecule has 7 nitrogen and oxygen atoms in total. The summed E-state index contributed by atoms with van der Waals surface area (Å²) in [5, 5.41) is 23.2. The second-order valence-electron chi connectivity index (χ2n) is 5.66. The Bertz CT molecular complexity index is 1150. The van der Waals surface area contributed by atoms with Crippen molar-refractivity contribution in [1.29, 1.82) is 0 Å². The minimum Gasteiger partial charge on any atom is -0.506 e. The molecule has 0 saturated heterocycles. The molecule has 0 fully saturated rings. The number of halogens is 2. The number of hydrogen-bond acceptors (Lipinski definition) is 6. The van der Waals surface area contributed by atoms with E-state index in [9.17, 15) is 5.11 Å². The number of aryl methyl sites for hydroxylation is 1. The molecular weight excluding hydrogens is 464 g/mol. The molecule has 0 unspecified atom stereocenters. The van der Waals surface area contributed by atoms with E-state index < -0.39 is 0 Å². The first kappa shape index (κ1) is 16.9. The Kier molecular flexibility index (Phi) is 4.33. The molecule has 0 bridgehead atoms. The number of H-pyrrole nitrogens is 1. The van der Waals surface area contributed by atoms with Crippen molar-refractivity contribution in [3.63, 3.8) is 0 Å². The van der Waals surface area contributed by atoms with E-state index >= 15 is 0 Å². The lowest BCUT2D eigenvalue weighted by Crippen LogP contribution is -1.99. The molecule has 9 heteroatoms. The molecule has 0 aliphatic rings. The van der Waals surface area contributed by atoms with Crippen molar-refractivity contribution in [3.8, 4) is 5.75 Å². The molecule has 2 aromatic heterocycles. The van der Waals surface area contributed by atoms with Gasteiger partial charge in [0.1, 0.15) is 11.3 Å². The average Bonchev–Trinajstić information content (AvgIpc) is 2.99. The molecule has 2 heterocycles. The normalized spacial score (nSPS) is 11.7. The van der Waals surface area contributed by atoms with Crippen molar-refractivity contribution in [2.75, 3.05) is 5.43 Å². The largest absolute Gasteiger partial charge is 0.506 e. The van der Waals surface area contributed by atoms with Crippen molar-refractivity contribution >= 4 is 66.1 Å². The van der Waals surface area contributed by atoms with E-state index in [4.69, 9.17) is 0 Å². The summed E-state index contributed by atoms with van der Waals surface area (Å²) in [5.74, 6) is 0.428. The molecule has 0 radical (unpaired) electrons. The first-order valence-electron chi connectivity index (χ1n) is 7.62. The van der Waals surface area contributed by atoms with Crippen LogP contribution in [0.1, 0.15) is 11.1 Å². The number of hydrogen-bond donors (Lipinski definition) is 3. The topological polar surface area (TPSA) is 99.1 Å². The van der Waals surface area contributed by atoms with Gasteiger partial charge < -0.3 is 10.1 Å². The van der Waals surface area contributed by atoms with Gasteiger partial charge in [0.05, 0.1) is 20.7 Å². The number of rotatable bonds is 3. The number of aromatic hydroxyl groups is 1. The van der Waals surface area contributed by atoms with Gasteiger partial charge in [-0.05, 0) is 62.0 Å². The maximum absolute atomic E-state index is 9.73. The molecule has 0 spiro atoms. The van der Waals surface area contributed by atoms with Gasteiger partial charge in [-0.15, -0.1) is 10.2 Å². The molecule has 0 amide bonds. The number of phenolic OH excluding ortho intramolecular Hbond substituents is 1. The van der Waals surface area contributed by atoms with Gasteiger partial charge in [-0.2, -0.15) is 10.1 Å². The van der Waals surface area contributed by atoms with Crippen LogP contribution in [0.3, 0.4) is 0 Å². The molecule has 0 aliphatic carbocycles. The number of benzene rings is 2. The maximum atomic E-state index is 9.73. The Morgan fingerprint density at radius 1 is 1.19 bits per heavy atom. The van der Waals surface area contributed by atoms with Gasteiger partial charge in [-0.25, -0.2) is 5.43 Å². The van der Waals surface area contributed by atoms with Crippen molar-refractivity contribution in [2.45, 2.75) is 6.92 Å². The van der Waals surface area contributed by atoms with E-state index in [1.807, 2.05) is 25.1 Å². The van der Waals surface area contributed by atoms with Crippen LogP contribution in [0.25, 0.3) is 22.1 Å². The van der Waals surface area contributed by atoms with Gasteiger partial charge in [0.15, 0.2) is 5.65 Å².